The number of amides is 1. The number of aromatic nitrogens is 4. The number of aryl methyl sites for hydroxylation is 2. The number of hydrogen-bond donors (Lipinski definition) is 1. The maximum absolute atomic E-state index is 13.8. The summed E-state index contributed by atoms with van der Waals surface area (Å²) in [6, 6.07) is 5.88. The number of nitrogens with one attached hydrogen (secondary N) is 1. The molecule has 1 aliphatic rings. The number of sulfonamides is 1. The van der Waals surface area contributed by atoms with Crippen molar-refractivity contribution in [3.05, 3.63) is 65.9 Å². The number of carbonyl (C=O) groups is 1. The van der Waals surface area contributed by atoms with Crippen LogP contribution in [0.1, 0.15) is 34.2 Å². The first-order chi connectivity index (χ1) is 14.8. The molecule has 0 bridgehead atoms. The predicted octanol–water partition coefficient (Wildman–Crippen LogP) is 2.09. The monoisotopic (exact) mass is 444 g/mol. The van der Waals surface area contributed by atoms with E-state index in [1.807, 2.05) is 0 Å². The Morgan fingerprint density at radius 3 is 2.71 bits per heavy atom. The van der Waals surface area contributed by atoms with Gasteiger partial charge in [0.25, 0.3) is 15.9 Å². The van der Waals surface area contributed by atoms with Crippen LogP contribution >= 0.6 is 0 Å². The first-order valence-electron chi connectivity index (χ1n) is 9.63. The molecule has 1 atom stereocenters. The van der Waals surface area contributed by atoms with E-state index < -0.39 is 21.7 Å². The van der Waals surface area contributed by atoms with Crippen LogP contribution in [-0.4, -0.2) is 51.2 Å². The standard InChI is InChI=1S/C20H21FN6O3S/c1-13-15(20(28)25-17-6-4-3-5-16(17)21)9-22-19(24-13)14-7-8-27(10-14)31(29,30)18-11-26(2)12-23-18/h3-6,9,11-12,14H,7-8,10H2,1-2H3,(H,25,28). The average molecular weight is 444 g/mol. The zero-order chi connectivity index (χ0) is 22.2. The number of halogens is 1. The summed E-state index contributed by atoms with van der Waals surface area (Å²) >= 11 is 0. The van der Waals surface area contributed by atoms with Gasteiger partial charge in [-0.25, -0.2) is 27.8 Å². The maximum atomic E-state index is 13.8. The summed E-state index contributed by atoms with van der Waals surface area (Å²) in [5, 5.41) is 2.52. The summed E-state index contributed by atoms with van der Waals surface area (Å²) in [6.45, 7) is 2.24. The van der Waals surface area contributed by atoms with Gasteiger partial charge in [-0.15, -0.1) is 0 Å². The summed E-state index contributed by atoms with van der Waals surface area (Å²) in [6.07, 6.45) is 4.86. The third kappa shape index (κ3) is 4.19. The number of imidazole rings is 1. The minimum atomic E-state index is -3.68. The predicted molar refractivity (Wildman–Crippen MR) is 110 cm³/mol. The van der Waals surface area contributed by atoms with Gasteiger partial charge in [0.15, 0.2) is 5.03 Å². The molecule has 1 fully saturated rings. The SMILES string of the molecule is Cc1nc(C2CCN(S(=O)(=O)c3cn(C)cn3)C2)ncc1C(=O)Nc1ccccc1F. The molecular weight excluding hydrogens is 423 g/mol. The molecule has 2 aromatic heterocycles. The smallest absolute Gasteiger partial charge is 0.262 e. The van der Waals surface area contributed by atoms with E-state index in [1.165, 1.54) is 41.2 Å². The minimum absolute atomic E-state index is 0.00733. The average Bonchev–Trinajstić information content (AvgIpc) is 3.39. The molecule has 1 N–H and O–H groups in total. The molecule has 3 aromatic rings. The summed E-state index contributed by atoms with van der Waals surface area (Å²) in [5.74, 6) is -0.773. The molecule has 31 heavy (non-hydrogen) atoms. The number of rotatable bonds is 5. The Kier molecular flexibility index (Phi) is 5.54. The molecule has 1 saturated heterocycles. The van der Waals surface area contributed by atoms with Gasteiger partial charge < -0.3 is 9.88 Å². The van der Waals surface area contributed by atoms with Gasteiger partial charge in [0, 0.05) is 38.4 Å². The van der Waals surface area contributed by atoms with Crippen LogP contribution in [0, 0.1) is 12.7 Å². The van der Waals surface area contributed by atoms with Crippen molar-refractivity contribution < 1.29 is 17.6 Å². The highest BCUT2D eigenvalue weighted by Crippen LogP contribution is 2.29. The van der Waals surface area contributed by atoms with Crippen molar-refractivity contribution in [2.45, 2.75) is 24.3 Å². The second-order valence-electron chi connectivity index (χ2n) is 7.39. The highest BCUT2D eigenvalue weighted by molar-refractivity contribution is 7.89. The third-order valence-electron chi connectivity index (χ3n) is 5.17. The Morgan fingerprint density at radius 2 is 2.03 bits per heavy atom. The lowest BCUT2D eigenvalue weighted by atomic mass is 10.1. The van der Waals surface area contributed by atoms with E-state index >= 15 is 0 Å². The molecule has 0 spiro atoms. The summed E-state index contributed by atoms with van der Waals surface area (Å²) in [4.78, 5) is 25.2. The Hall–Kier alpha value is -3.18. The fraction of sp³-hybridized carbons (Fsp3) is 0.300. The second kappa shape index (κ2) is 8.16. The maximum Gasteiger partial charge on any atom is 0.262 e. The van der Waals surface area contributed by atoms with Crippen molar-refractivity contribution in [1.29, 1.82) is 0 Å². The van der Waals surface area contributed by atoms with E-state index in [1.54, 1.807) is 24.6 Å². The first kappa shape index (κ1) is 21.1. The number of nitrogens with zero attached hydrogens (tertiary/aromatic N) is 5. The van der Waals surface area contributed by atoms with Gasteiger partial charge in [0.2, 0.25) is 0 Å². The molecule has 3 heterocycles. The van der Waals surface area contributed by atoms with Gasteiger partial charge in [-0.2, -0.15) is 4.31 Å². The lowest BCUT2D eigenvalue weighted by molar-refractivity contribution is 0.102. The zero-order valence-corrected chi connectivity index (χ0v) is 17.8. The molecule has 1 aromatic carbocycles. The molecule has 162 valence electrons. The lowest BCUT2D eigenvalue weighted by Gasteiger charge is -2.15. The van der Waals surface area contributed by atoms with Gasteiger partial charge in [-0.1, -0.05) is 12.1 Å². The van der Waals surface area contributed by atoms with Crippen LogP contribution in [0.15, 0.2) is 48.0 Å². The molecule has 0 radical (unpaired) electrons. The van der Waals surface area contributed by atoms with Gasteiger partial charge >= 0.3 is 0 Å². The molecule has 1 aliphatic heterocycles. The van der Waals surface area contributed by atoms with E-state index in [4.69, 9.17) is 0 Å². The molecule has 0 aliphatic carbocycles. The fourth-order valence-electron chi connectivity index (χ4n) is 3.47. The number of anilines is 1. The topological polar surface area (TPSA) is 110 Å². The highest BCUT2D eigenvalue weighted by Gasteiger charge is 2.35. The Morgan fingerprint density at radius 1 is 1.26 bits per heavy atom. The van der Waals surface area contributed by atoms with Gasteiger partial charge in [0.1, 0.15) is 11.6 Å². The fourth-order valence-corrected chi connectivity index (χ4v) is 4.93. The normalized spacial score (nSPS) is 17.1. The van der Waals surface area contributed by atoms with Crippen LogP contribution in [0.4, 0.5) is 10.1 Å². The molecule has 1 unspecified atom stereocenters. The van der Waals surface area contributed by atoms with Gasteiger partial charge in [0.05, 0.1) is 23.3 Å². The molecule has 11 heteroatoms. The van der Waals surface area contributed by atoms with Gasteiger partial charge in [-0.3, -0.25) is 4.79 Å². The molecule has 9 nitrogen and oxygen atoms in total. The zero-order valence-electron chi connectivity index (χ0n) is 17.0. The van der Waals surface area contributed by atoms with Crippen LogP contribution in [0.2, 0.25) is 0 Å². The summed E-state index contributed by atoms with van der Waals surface area (Å²) in [5.41, 5.74) is 0.731. The van der Waals surface area contributed by atoms with Crippen LogP contribution in [0.5, 0.6) is 0 Å². The van der Waals surface area contributed by atoms with E-state index in [-0.39, 0.29) is 28.7 Å². The molecular formula is C20H21FN6O3S. The van der Waals surface area contributed by atoms with Crippen LogP contribution in [0.3, 0.4) is 0 Å². The second-order valence-corrected chi connectivity index (χ2v) is 9.27. The third-order valence-corrected chi connectivity index (χ3v) is 6.92. The van der Waals surface area contributed by atoms with Crippen molar-refractivity contribution >= 4 is 21.6 Å². The van der Waals surface area contributed by atoms with Crippen molar-refractivity contribution in [1.82, 2.24) is 23.8 Å². The van der Waals surface area contributed by atoms with E-state index in [2.05, 4.69) is 20.3 Å². The van der Waals surface area contributed by atoms with E-state index in [9.17, 15) is 17.6 Å². The lowest BCUT2D eigenvalue weighted by Crippen LogP contribution is -2.29. The van der Waals surface area contributed by atoms with Crippen LogP contribution in [0.25, 0.3) is 0 Å². The summed E-state index contributed by atoms with van der Waals surface area (Å²) in [7, 11) is -1.98. The van der Waals surface area contributed by atoms with Crippen LogP contribution < -0.4 is 5.32 Å². The Balaban J connectivity index is 1.48. The van der Waals surface area contributed by atoms with E-state index in [0.717, 1.165) is 0 Å². The molecule has 4 rings (SSSR count). The summed E-state index contributed by atoms with van der Waals surface area (Å²) < 4.78 is 42.3. The number of hydrogen-bond acceptors (Lipinski definition) is 6. The van der Waals surface area contributed by atoms with E-state index in [0.29, 0.717) is 24.5 Å². The first-order valence-corrected chi connectivity index (χ1v) is 11.1. The minimum Gasteiger partial charge on any atom is -0.339 e. The van der Waals surface area contributed by atoms with Crippen molar-refractivity contribution in [3.63, 3.8) is 0 Å². The Labute approximate surface area is 179 Å². The quantitative estimate of drug-likeness (QED) is 0.645. The van der Waals surface area contributed by atoms with Crippen molar-refractivity contribution in [2.75, 3.05) is 18.4 Å². The van der Waals surface area contributed by atoms with Crippen molar-refractivity contribution in [2.24, 2.45) is 7.05 Å². The van der Waals surface area contributed by atoms with Crippen LogP contribution in [-0.2, 0) is 17.1 Å². The number of benzene rings is 1. The number of carbonyl (C=O) groups excluding carboxylic acids is 1. The largest absolute Gasteiger partial charge is 0.339 e. The highest BCUT2D eigenvalue weighted by atomic mass is 32.2. The Bertz CT molecular complexity index is 1240. The van der Waals surface area contributed by atoms with Crippen molar-refractivity contribution in [3.8, 4) is 0 Å². The molecule has 1 amide bonds. The van der Waals surface area contributed by atoms with Gasteiger partial charge in [-0.05, 0) is 25.5 Å². The molecule has 0 saturated carbocycles. The number of para-hydroxylation sites is 1.